The number of benzene rings is 1. The third-order valence-electron chi connectivity index (χ3n) is 6.35. The lowest BCUT2D eigenvalue weighted by Crippen LogP contribution is -2.52. The van der Waals surface area contributed by atoms with Gasteiger partial charge in [0.2, 0.25) is 11.8 Å². The molecule has 2 aliphatic rings. The quantitative estimate of drug-likeness (QED) is 0.609. The monoisotopic (exact) mass is 479 g/mol. The molecule has 2 aliphatic heterocycles. The Bertz CT molecular complexity index is 838. The van der Waals surface area contributed by atoms with Crippen molar-refractivity contribution in [1.29, 1.82) is 0 Å². The number of halogens is 6. The Hall–Kier alpha value is -2.30. The molecule has 5 nitrogen and oxygen atoms in total. The number of likely N-dealkylation sites (tertiary alicyclic amines) is 1. The molecule has 0 saturated carbocycles. The maximum absolute atomic E-state index is 13.0. The standard InChI is InChI=1S/C22H27F6N3O2/c1-20(5-8-31(9-6-20)19(33)17-4-2-3-7-29-17)13-18(32)30-16-11-14(21(23,24)25)10-15(12-16)22(26,27)28/h10-12,17,29H,2-9,13H2,1H3,(H,30,32)/t17-/m0/s1. The van der Waals surface area contributed by atoms with Crippen molar-refractivity contribution in [2.24, 2.45) is 5.41 Å². The lowest BCUT2D eigenvalue weighted by molar-refractivity contribution is -0.143. The highest BCUT2D eigenvalue weighted by atomic mass is 19.4. The van der Waals surface area contributed by atoms with Gasteiger partial charge in [0.05, 0.1) is 17.2 Å². The molecule has 184 valence electrons. The Balaban J connectivity index is 1.62. The van der Waals surface area contributed by atoms with Gasteiger partial charge in [-0.15, -0.1) is 0 Å². The average molecular weight is 479 g/mol. The number of anilines is 1. The van der Waals surface area contributed by atoms with E-state index in [9.17, 15) is 35.9 Å². The van der Waals surface area contributed by atoms with Crippen LogP contribution in [0.1, 0.15) is 56.6 Å². The number of nitrogens with one attached hydrogen (secondary N) is 2. The number of hydrogen-bond acceptors (Lipinski definition) is 3. The summed E-state index contributed by atoms with van der Waals surface area (Å²) in [5.41, 5.74) is -4.04. The molecule has 0 radical (unpaired) electrons. The molecule has 2 amide bonds. The molecule has 0 bridgehead atoms. The summed E-state index contributed by atoms with van der Waals surface area (Å²) < 4.78 is 78.2. The fourth-order valence-electron chi connectivity index (χ4n) is 4.35. The van der Waals surface area contributed by atoms with Gasteiger partial charge in [-0.1, -0.05) is 13.3 Å². The van der Waals surface area contributed by atoms with Crippen LogP contribution in [0.2, 0.25) is 0 Å². The van der Waals surface area contributed by atoms with Gasteiger partial charge in [0.15, 0.2) is 0 Å². The van der Waals surface area contributed by atoms with Crippen LogP contribution >= 0.6 is 0 Å². The van der Waals surface area contributed by atoms with Gasteiger partial charge in [0.25, 0.3) is 0 Å². The second-order valence-corrected chi connectivity index (χ2v) is 9.16. The normalized spacial score (nSPS) is 21.5. The second-order valence-electron chi connectivity index (χ2n) is 9.16. The van der Waals surface area contributed by atoms with E-state index >= 15 is 0 Å². The molecule has 2 heterocycles. The minimum atomic E-state index is -4.99. The largest absolute Gasteiger partial charge is 0.416 e. The van der Waals surface area contributed by atoms with Crippen LogP contribution in [-0.2, 0) is 21.9 Å². The SMILES string of the molecule is CC1(CC(=O)Nc2cc(C(F)(F)F)cc(C(F)(F)F)c2)CCN(C(=O)[C@@H]2CCCCN2)CC1. The summed E-state index contributed by atoms with van der Waals surface area (Å²) in [5, 5.41) is 5.41. The molecule has 2 N–H and O–H groups in total. The number of alkyl halides is 6. The molecule has 2 fully saturated rings. The molecule has 1 atom stereocenters. The Morgan fingerprint density at radius 2 is 1.61 bits per heavy atom. The molecule has 2 saturated heterocycles. The summed E-state index contributed by atoms with van der Waals surface area (Å²) in [6.07, 6.45) is -6.22. The van der Waals surface area contributed by atoms with Gasteiger partial charge >= 0.3 is 12.4 Å². The van der Waals surface area contributed by atoms with Crippen molar-refractivity contribution in [3.8, 4) is 0 Å². The Kier molecular flexibility index (Phi) is 7.30. The summed E-state index contributed by atoms with van der Waals surface area (Å²) in [5.74, 6) is -0.636. The van der Waals surface area contributed by atoms with E-state index in [2.05, 4.69) is 10.6 Å². The summed E-state index contributed by atoms with van der Waals surface area (Å²) in [4.78, 5) is 26.9. The van der Waals surface area contributed by atoms with Crippen molar-refractivity contribution in [3.63, 3.8) is 0 Å². The first-order chi connectivity index (χ1) is 15.3. The summed E-state index contributed by atoms with van der Waals surface area (Å²) >= 11 is 0. The predicted octanol–water partition coefficient (Wildman–Crippen LogP) is 4.82. The van der Waals surface area contributed by atoms with E-state index < -0.39 is 40.5 Å². The predicted molar refractivity (Wildman–Crippen MR) is 109 cm³/mol. The van der Waals surface area contributed by atoms with Crippen LogP contribution < -0.4 is 10.6 Å². The second kappa shape index (κ2) is 9.52. The summed E-state index contributed by atoms with van der Waals surface area (Å²) in [7, 11) is 0. The van der Waals surface area contributed by atoms with Gasteiger partial charge in [-0.3, -0.25) is 9.59 Å². The minimum absolute atomic E-state index is 0.0187. The Morgan fingerprint density at radius 1 is 1.03 bits per heavy atom. The molecule has 3 rings (SSSR count). The Labute approximate surface area is 187 Å². The van der Waals surface area contributed by atoms with Crippen LogP contribution in [0.25, 0.3) is 0 Å². The molecule has 1 aromatic rings. The molecule has 0 spiro atoms. The molecule has 11 heteroatoms. The highest BCUT2D eigenvalue weighted by Gasteiger charge is 2.38. The number of hydrogen-bond donors (Lipinski definition) is 2. The summed E-state index contributed by atoms with van der Waals surface area (Å²) in [6, 6.07) is 0.808. The molecule has 0 aromatic heterocycles. The van der Waals surface area contributed by atoms with Gasteiger partial charge in [0, 0.05) is 25.2 Å². The first-order valence-corrected chi connectivity index (χ1v) is 10.9. The van der Waals surface area contributed by atoms with E-state index in [0.717, 1.165) is 25.8 Å². The maximum Gasteiger partial charge on any atom is 0.416 e. The number of nitrogens with zero attached hydrogens (tertiary/aromatic N) is 1. The van der Waals surface area contributed by atoms with E-state index in [1.165, 1.54) is 0 Å². The molecule has 1 aromatic carbocycles. The zero-order chi connectivity index (χ0) is 24.4. The average Bonchev–Trinajstić information content (AvgIpc) is 2.72. The lowest BCUT2D eigenvalue weighted by atomic mass is 9.77. The fourth-order valence-corrected chi connectivity index (χ4v) is 4.35. The third kappa shape index (κ3) is 6.61. The van der Waals surface area contributed by atoms with Crippen molar-refractivity contribution in [2.45, 2.75) is 63.8 Å². The van der Waals surface area contributed by atoms with Gasteiger partial charge < -0.3 is 15.5 Å². The van der Waals surface area contributed by atoms with E-state index in [4.69, 9.17) is 0 Å². The third-order valence-corrected chi connectivity index (χ3v) is 6.35. The van der Waals surface area contributed by atoms with Crippen LogP contribution in [0, 0.1) is 5.41 Å². The topological polar surface area (TPSA) is 61.4 Å². The maximum atomic E-state index is 13.0. The van der Waals surface area contributed by atoms with E-state index in [-0.39, 0.29) is 24.4 Å². The van der Waals surface area contributed by atoms with Crippen LogP contribution in [0.15, 0.2) is 18.2 Å². The summed E-state index contributed by atoms with van der Waals surface area (Å²) in [6.45, 7) is 3.53. The number of piperidine rings is 2. The molecular formula is C22H27F6N3O2. The molecule has 33 heavy (non-hydrogen) atoms. The van der Waals surface area contributed by atoms with Crippen molar-refractivity contribution in [2.75, 3.05) is 25.0 Å². The smallest absolute Gasteiger partial charge is 0.341 e. The first kappa shape index (κ1) is 25.3. The van der Waals surface area contributed by atoms with Crippen LogP contribution in [0.3, 0.4) is 0 Å². The van der Waals surface area contributed by atoms with E-state index in [0.29, 0.717) is 38.1 Å². The number of rotatable bonds is 4. The lowest BCUT2D eigenvalue weighted by Gasteiger charge is -2.40. The van der Waals surface area contributed by atoms with Crippen molar-refractivity contribution < 1.29 is 35.9 Å². The van der Waals surface area contributed by atoms with Gasteiger partial charge in [-0.05, 0) is 55.8 Å². The molecule has 0 unspecified atom stereocenters. The van der Waals surface area contributed by atoms with Gasteiger partial charge in [-0.2, -0.15) is 26.3 Å². The molecular weight excluding hydrogens is 452 g/mol. The number of amides is 2. The highest BCUT2D eigenvalue weighted by Crippen LogP contribution is 2.38. The van der Waals surface area contributed by atoms with Gasteiger partial charge in [0.1, 0.15) is 0 Å². The van der Waals surface area contributed by atoms with E-state index in [1.807, 2.05) is 6.92 Å². The number of carbonyl (C=O) groups is 2. The fraction of sp³-hybridized carbons (Fsp3) is 0.636. The van der Waals surface area contributed by atoms with Crippen molar-refractivity contribution in [3.05, 3.63) is 29.3 Å². The highest BCUT2D eigenvalue weighted by molar-refractivity contribution is 5.91. The zero-order valence-corrected chi connectivity index (χ0v) is 18.2. The minimum Gasteiger partial charge on any atom is -0.341 e. The van der Waals surface area contributed by atoms with Crippen LogP contribution in [-0.4, -0.2) is 42.4 Å². The molecule has 0 aliphatic carbocycles. The Morgan fingerprint density at radius 3 is 2.09 bits per heavy atom. The van der Waals surface area contributed by atoms with Crippen LogP contribution in [0.5, 0.6) is 0 Å². The first-order valence-electron chi connectivity index (χ1n) is 10.9. The van der Waals surface area contributed by atoms with Crippen LogP contribution in [0.4, 0.5) is 32.0 Å². The van der Waals surface area contributed by atoms with Gasteiger partial charge in [-0.25, -0.2) is 0 Å². The van der Waals surface area contributed by atoms with E-state index in [1.54, 1.807) is 4.90 Å². The zero-order valence-electron chi connectivity index (χ0n) is 18.2. The number of carbonyl (C=O) groups excluding carboxylic acids is 2. The van der Waals surface area contributed by atoms with Crippen molar-refractivity contribution in [1.82, 2.24) is 10.2 Å². The van der Waals surface area contributed by atoms with Crippen molar-refractivity contribution >= 4 is 17.5 Å².